The van der Waals surface area contributed by atoms with Crippen LogP contribution in [0.2, 0.25) is 0 Å². The molecule has 16 heavy (non-hydrogen) atoms. The third-order valence-electron chi connectivity index (χ3n) is 1.90. The number of non-ortho nitro benzene ring substituents is 1. The van der Waals surface area contributed by atoms with Crippen LogP contribution in [0.1, 0.15) is 23.7 Å². The summed E-state index contributed by atoms with van der Waals surface area (Å²) < 4.78 is 0. The van der Waals surface area contributed by atoms with Gasteiger partial charge in [0, 0.05) is 12.1 Å². The number of rotatable bonds is 4. The second kappa shape index (κ2) is 4.52. The Morgan fingerprint density at radius 3 is 2.56 bits per heavy atom. The molecule has 6 nitrogen and oxygen atoms in total. The minimum absolute atomic E-state index is 0.204. The van der Waals surface area contributed by atoms with Crippen molar-refractivity contribution in [1.29, 1.82) is 0 Å². The van der Waals surface area contributed by atoms with E-state index in [0.29, 0.717) is 0 Å². The molecule has 84 valence electrons. The van der Waals surface area contributed by atoms with Gasteiger partial charge in [-0.05, 0) is 13.0 Å². The Bertz CT molecular complexity index is 466. The highest BCUT2D eigenvalue weighted by atomic mass is 16.6. The molecule has 1 rings (SSSR count). The molecule has 0 unspecified atom stereocenters. The average molecular weight is 223 g/mol. The van der Waals surface area contributed by atoms with Gasteiger partial charge in [0.2, 0.25) is 0 Å². The van der Waals surface area contributed by atoms with Crippen LogP contribution < -0.4 is 0 Å². The number of nitro benzene ring substituents is 1. The molecule has 0 fully saturated rings. The average Bonchev–Trinajstić information content (AvgIpc) is 2.16. The maximum Gasteiger partial charge on any atom is 0.270 e. The molecular weight excluding hydrogens is 214 g/mol. The summed E-state index contributed by atoms with van der Waals surface area (Å²) in [6.45, 7) is 1.23. The molecule has 0 atom stereocenters. The summed E-state index contributed by atoms with van der Waals surface area (Å²) in [5, 5.41) is 19.8. The van der Waals surface area contributed by atoms with Crippen molar-refractivity contribution in [2.24, 2.45) is 0 Å². The smallest absolute Gasteiger partial charge is 0.270 e. The zero-order valence-corrected chi connectivity index (χ0v) is 8.47. The van der Waals surface area contributed by atoms with Gasteiger partial charge in [0.1, 0.15) is 11.5 Å². The molecule has 0 aromatic heterocycles. The predicted octanol–water partition coefficient (Wildman–Crippen LogP) is 1.46. The lowest BCUT2D eigenvalue weighted by Crippen LogP contribution is -2.05. The first-order valence-electron chi connectivity index (χ1n) is 4.42. The molecule has 0 spiro atoms. The Hall–Kier alpha value is -2.24. The normalized spacial score (nSPS) is 9.81. The van der Waals surface area contributed by atoms with Crippen LogP contribution in [0.15, 0.2) is 18.2 Å². The molecule has 0 bridgehead atoms. The van der Waals surface area contributed by atoms with E-state index in [0.717, 1.165) is 18.2 Å². The quantitative estimate of drug-likeness (QED) is 0.360. The lowest BCUT2D eigenvalue weighted by Gasteiger charge is -2.01. The summed E-state index contributed by atoms with van der Waals surface area (Å²) in [5.41, 5.74) is -0.505. The Balaban J connectivity index is 3.11. The maximum absolute atomic E-state index is 11.4. The number of nitrogens with zero attached hydrogens (tertiary/aromatic N) is 1. The van der Waals surface area contributed by atoms with E-state index < -0.39 is 10.7 Å². The van der Waals surface area contributed by atoms with Gasteiger partial charge in [0.15, 0.2) is 5.78 Å². The topological polar surface area (TPSA) is 97.5 Å². The summed E-state index contributed by atoms with van der Waals surface area (Å²) >= 11 is 0. The number of benzene rings is 1. The minimum atomic E-state index is -0.677. The maximum atomic E-state index is 11.4. The van der Waals surface area contributed by atoms with Gasteiger partial charge in [-0.2, -0.15) is 0 Å². The van der Waals surface area contributed by atoms with Gasteiger partial charge in [0.05, 0.1) is 16.9 Å². The van der Waals surface area contributed by atoms with E-state index in [1.54, 1.807) is 0 Å². The molecule has 0 saturated carbocycles. The van der Waals surface area contributed by atoms with E-state index in [-0.39, 0.29) is 29.2 Å². The molecule has 0 saturated heterocycles. The van der Waals surface area contributed by atoms with Crippen LogP contribution in [0.25, 0.3) is 0 Å². The zero-order valence-electron chi connectivity index (χ0n) is 8.47. The van der Waals surface area contributed by atoms with Gasteiger partial charge >= 0.3 is 0 Å². The molecule has 1 aromatic rings. The number of nitro groups is 1. The van der Waals surface area contributed by atoms with Gasteiger partial charge in [-0.25, -0.2) is 0 Å². The van der Waals surface area contributed by atoms with Gasteiger partial charge in [0.25, 0.3) is 5.69 Å². The third-order valence-corrected chi connectivity index (χ3v) is 1.90. The summed E-state index contributed by atoms with van der Waals surface area (Å²) in [5.74, 6) is -1.36. The molecule has 0 heterocycles. The fraction of sp³-hybridized carbons (Fsp3) is 0.200. The van der Waals surface area contributed by atoms with E-state index in [9.17, 15) is 24.8 Å². The van der Waals surface area contributed by atoms with Crippen molar-refractivity contribution in [3.8, 4) is 5.75 Å². The molecule has 0 aliphatic rings. The third kappa shape index (κ3) is 2.63. The monoisotopic (exact) mass is 223 g/mol. The summed E-state index contributed by atoms with van der Waals surface area (Å²) in [6, 6.07) is 3.10. The van der Waals surface area contributed by atoms with Crippen molar-refractivity contribution >= 4 is 17.3 Å². The largest absolute Gasteiger partial charge is 0.507 e. The fourth-order valence-electron chi connectivity index (χ4n) is 1.18. The van der Waals surface area contributed by atoms with E-state index in [1.807, 2.05) is 0 Å². The number of aromatic hydroxyl groups is 1. The van der Waals surface area contributed by atoms with Crippen LogP contribution in [0, 0.1) is 10.1 Å². The number of hydrogen-bond acceptors (Lipinski definition) is 5. The molecule has 0 aliphatic carbocycles. The first-order chi connectivity index (χ1) is 7.41. The van der Waals surface area contributed by atoms with Crippen LogP contribution in [0.5, 0.6) is 5.75 Å². The molecule has 0 aliphatic heterocycles. The Morgan fingerprint density at radius 2 is 2.06 bits per heavy atom. The standard InChI is InChI=1S/C10H9NO5/c1-6(12)4-10(14)8-5-7(11(15)16)2-3-9(8)13/h2-3,5,13H,4H2,1H3. The first-order valence-corrected chi connectivity index (χ1v) is 4.42. The second-order valence-corrected chi connectivity index (χ2v) is 3.26. The number of carbonyl (C=O) groups excluding carboxylic acids is 2. The van der Waals surface area contributed by atoms with E-state index in [4.69, 9.17) is 0 Å². The van der Waals surface area contributed by atoms with Crippen molar-refractivity contribution in [2.75, 3.05) is 0 Å². The summed E-state index contributed by atoms with van der Waals surface area (Å²) in [4.78, 5) is 31.9. The highest BCUT2D eigenvalue weighted by molar-refractivity contribution is 6.09. The molecule has 6 heteroatoms. The predicted molar refractivity (Wildman–Crippen MR) is 54.4 cm³/mol. The van der Waals surface area contributed by atoms with Crippen LogP contribution in [-0.2, 0) is 4.79 Å². The molecular formula is C10H9NO5. The lowest BCUT2D eigenvalue weighted by atomic mass is 10.0. The molecule has 0 radical (unpaired) electrons. The van der Waals surface area contributed by atoms with E-state index >= 15 is 0 Å². The molecule has 1 aromatic carbocycles. The summed E-state index contributed by atoms with van der Waals surface area (Å²) in [6.07, 6.45) is -0.380. The van der Waals surface area contributed by atoms with Gasteiger partial charge in [-0.15, -0.1) is 0 Å². The number of Topliss-reactive ketones (excluding diaryl/α,β-unsaturated/α-hetero) is 2. The highest BCUT2D eigenvalue weighted by Crippen LogP contribution is 2.24. The number of phenolic OH excluding ortho intramolecular Hbond substituents is 1. The van der Waals surface area contributed by atoms with Gasteiger partial charge in [-0.1, -0.05) is 0 Å². The second-order valence-electron chi connectivity index (χ2n) is 3.26. The van der Waals surface area contributed by atoms with Crippen molar-refractivity contribution in [1.82, 2.24) is 0 Å². The number of phenols is 1. The van der Waals surface area contributed by atoms with Crippen LogP contribution >= 0.6 is 0 Å². The lowest BCUT2D eigenvalue weighted by molar-refractivity contribution is -0.384. The van der Waals surface area contributed by atoms with Crippen LogP contribution in [0.4, 0.5) is 5.69 Å². The molecule has 1 N–H and O–H groups in total. The molecule has 0 amide bonds. The van der Waals surface area contributed by atoms with Crippen molar-refractivity contribution in [3.05, 3.63) is 33.9 Å². The summed E-state index contributed by atoms with van der Waals surface area (Å²) in [7, 11) is 0. The zero-order chi connectivity index (χ0) is 12.3. The number of hydrogen-bond donors (Lipinski definition) is 1. The van der Waals surface area contributed by atoms with Crippen molar-refractivity contribution < 1.29 is 19.6 Å². The van der Waals surface area contributed by atoms with Crippen molar-refractivity contribution in [3.63, 3.8) is 0 Å². The number of carbonyl (C=O) groups is 2. The van der Waals surface area contributed by atoms with Gasteiger partial charge in [-0.3, -0.25) is 19.7 Å². The SMILES string of the molecule is CC(=O)CC(=O)c1cc([N+](=O)[O-])ccc1O. The Kier molecular flexibility index (Phi) is 3.34. The van der Waals surface area contributed by atoms with Crippen molar-refractivity contribution in [2.45, 2.75) is 13.3 Å². The van der Waals surface area contributed by atoms with Crippen LogP contribution in [0.3, 0.4) is 0 Å². The highest BCUT2D eigenvalue weighted by Gasteiger charge is 2.17. The first kappa shape index (κ1) is 11.8. The fourth-order valence-corrected chi connectivity index (χ4v) is 1.18. The minimum Gasteiger partial charge on any atom is -0.507 e. The number of ketones is 2. The van der Waals surface area contributed by atoms with Crippen LogP contribution in [-0.4, -0.2) is 21.6 Å². The van der Waals surface area contributed by atoms with Gasteiger partial charge < -0.3 is 5.11 Å². The Labute approximate surface area is 90.7 Å². The Morgan fingerprint density at radius 1 is 1.44 bits per heavy atom. The van der Waals surface area contributed by atoms with E-state index in [1.165, 1.54) is 6.92 Å². The van der Waals surface area contributed by atoms with E-state index in [2.05, 4.69) is 0 Å².